The van der Waals surface area contributed by atoms with E-state index < -0.39 is 0 Å². The van der Waals surface area contributed by atoms with Gasteiger partial charge in [-0.1, -0.05) is 12.1 Å². The lowest BCUT2D eigenvalue weighted by Gasteiger charge is -2.09. The van der Waals surface area contributed by atoms with Gasteiger partial charge < -0.3 is 5.32 Å². The van der Waals surface area contributed by atoms with Crippen molar-refractivity contribution in [1.29, 1.82) is 0 Å². The lowest BCUT2D eigenvalue weighted by molar-refractivity contribution is 0.101. The van der Waals surface area contributed by atoms with Gasteiger partial charge in [0.05, 0.1) is 22.4 Å². The number of hydrogen-bond donors (Lipinski definition) is 1. The van der Waals surface area contributed by atoms with Gasteiger partial charge in [-0.2, -0.15) is 10.2 Å². The molecule has 0 saturated carbocycles. The molecule has 25 heavy (non-hydrogen) atoms. The molecule has 1 N–H and O–H groups in total. The van der Waals surface area contributed by atoms with Gasteiger partial charge in [-0.25, -0.2) is 0 Å². The Balaban J connectivity index is 1.77. The number of aryl methyl sites for hydroxylation is 2. The van der Waals surface area contributed by atoms with E-state index >= 15 is 0 Å². The number of anilines is 1. The molecule has 6 nitrogen and oxygen atoms in total. The highest BCUT2D eigenvalue weighted by molar-refractivity contribution is 9.10. The lowest BCUT2D eigenvalue weighted by Crippen LogP contribution is -2.17. The fourth-order valence-corrected chi connectivity index (χ4v) is 3.01. The zero-order valence-corrected chi connectivity index (χ0v) is 16.0. The first-order valence-electron chi connectivity index (χ1n) is 8.11. The second-order valence-corrected chi connectivity index (χ2v) is 6.62. The van der Waals surface area contributed by atoms with Crippen molar-refractivity contribution in [3.05, 3.63) is 63.6 Å². The van der Waals surface area contributed by atoms with Gasteiger partial charge in [-0.05, 0) is 60.5 Å². The SMILES string of the molecule is CCn1nccc1C(=O)Nc1cccc(Cn2nc(C)c(Br)c2C)c1. The molecule has 0 saturated heterocycles. The minimum absolute atomic E-state index is 0.162. The van der Waals surface area contributed by atoms with Crippen molar-refractivity contribution in [3.63, 3.8) is 0 Å². The van der Waals surface area contributed by atoms with Crippen LogP contribution in [0, 0.1) is 13.8 Å². The number of benzene rings is 1. The average Bonchev–Trinajstić information content (AvgIpc) is 3.16. The number of carbonyl (C=O) groups is 1. The Morgan fingerprint density at radius 2 is 2.04 bits per heavy atom. The van der Waals surface area contributed by atoms with Gasteiger partial charge >= 0.3 is 0 Å². The summed E-state index contributed by atoms with van der Waals surface area (Å²) in [6.45, 7) is 7.26. The summed E-state index contributed by atoms with van der Waals surface area (Å²) in [7, 11) is 0. The van der Waals surface area contributed by atoms with Crippen LogP contribution in [0.4, 0.5) is 5.69 Å². The molecule has 0 radical (unpaired) electrons. The van der Waals surface area contributed by atoms with Crippen LogP contribution < -0.4 is 5.32 Å². The second-order valence-electron chi connectivity index (χ2n) is 5.83. The fraction of sp³-hybridized carbons (Fsp3) is 0.278. The van der Waals surface area contributed by atoms with Crippen LogP contribution in [-0.4, -0.2) is 25.5 Å². The van der Waals surface area contributed by atoms with E-state index in [0.29, 0.717) is 18.8 Å². The Bertz CT molecular complexity index is 912. The summed E-state index contributed by atoms with van der Waals surface area (Å²) >= 11 is 3.55. The number of nitrogens with zero attached hydrogens (tertiary/aromatic N) is 4. The summed E-state index contributed by atoms with van der Waals surface area (Å²) < 4.78 is 4.66. The predicted octanol–water partition coefficient (Wildman–Crippen LogP) is 3.78. The summed E-state index contributed by atoms with van der Waals surface area (Å²) in [4.78, 5) is 12.4. The van der Waals surface area contributed by atoms with Crippen LogP contribution in [0.5, 0.6) is 0 Å². The van der Waals surface area contributed by atoms with E-state index in [4.69, 9.17) is 0 Å². The number of carbonyl (C=O) groups excluding carboxylic acids is 1. The molecule has 0 bridgehead atoms. The van der Waals surface area contributed by atoms with Crippen molar-refractivity contribution in [2.24, 2.45) is 0 Å². The van der Waals surface area contributed by atoms with Gasteiger partial charge in [0, 0.05) is 18.4 Å². The smallest absolute Gasteiger partial charge is 0.273 e. The van der Waals surface area contributed by atoms with E-state index in [1.165, 1.54) is 0 Å². The number of rotatable bonds is 5. The van der Waals surface area contributed by atoms with E-state index in [1.807, 2.05) is 49.7 Å². The van der Waals surface area contributed by atoms with Crippen LogP contribution in [0.3, 0.4) is 0 Å². The van der Waals surface area contributed by atoms with Gasteiger partial charge in [0.25, 0.3) is 5.91 Å². The Kier molecular flexibility index (Phi) is 5.03. The highest BCUT2D eigenvalue weighted by Gasteiger charge is 2.12. The molecule has 0 fully saturated rings. The number of hydrogen-bond acceptors (Lipinski definition) is 3. The fourth-order valence-electron chi connectivity index (χ4n) is 2.72. The highest BCUT2D eigenvalue weighted by Crippen LogP contribution is 2.21. The maximum atomic E-state index is 12.4. The van der Waals surface area contributed by atoms with E-state index in [2.05, 4.69) is 31.4 Å². The average molecular weight is 402 g/mol. The van der Waals surface area contributed by atoms with E-state index in [1.54, 1.807) is 16.9 Å². The molecule has 130 valence electrons. The van der Waals surface area contributed by atoms with Gasteiger partial charge in [-0.15, -0.1) is 0 Å². The summed E-state index contributed by atoms with van der Waals surface area (Å²) in [6.07, 6.45) is 1.63. The van der Waals surface area contributed by atoms with Crippen LogP contribution in [0.25, 0.3) is 0 Å². The molecule has 0 aliphatic carbocycles. The van der Waals surface area contributed by atoms with Gasteiger partial charge in [0.2, 0.25) is 0 Å². The zero-order chi connectivity index (χ0) is 18.0. The van der Waals surface area contributed by atoms with E-state index in [9.17, 15) is 4.79 Å². The van der Waals surface area contributed by atoms with E-state index in [0.717, 1.165) is 27.1 Å². The molecule has 2 aromatic heterocycles. The van der Waals surface area contributed by atoms with Crippen LogP contribution in [0.1, 0.15) is 34.4 Å². The van der Waals surface area contributed by atoms with Crippen molar-refractivity contribution in [3.8, 4) is 0 Å². The Morgan fingerprint density at radius 1 is 1.24 bits per heavy atom. The first-order valence-corrected chi connectivity index (χ1v) is 8.90. The maximum absolute atomic E-state index is 12.4. The first kappa shape index (κ1) is 17.4. The molecule has 3 rings (SSSR count). The third-order valence-electron chi connectivity index (χ3n) is 4.06. The van der Waals surface area contributed by atoms with Gasteiger partial charge in [-0.3, -0.25) is 14.2 Å². The molecule has 0 unspecified atom stereocenters. The summed E-state index contributed by atoms with van der Waals surface area (Å²) in [6, 6.07) is 9.52. The molecule has 0 atom stereocenters. The summed E-state index contributed by atoms with van der Waals surface area (Å²) in [5, 5.41) is 11.6. The maximum Gasteiger partial charge on any atom is 0.273 e. The quantitative estimate of drug-likeness (QED) is 0.707. The normalized spacial score (nSPS) is 10.9. The van der Waals surface area contributed by atoms with Crippen LogP contribution in [-0.2, 0) is 13.1 Å². The monoisotopic (exact) mass is 401 g/mol. The minimum atomic E-state index is -0.162. The van der Waals surface area contributed by atoms with Crippen molar-refractivity contribution >= 4 is 27.5 Å². The lowest BCUT2D eigenvalue weighted by atomic mass is 10.2. The molecule has 0 aliphatic rings. The number of amides is 1. The molecule has 0 aliphatic heterocycles. The van der Waals surface area contributed by atoms with Crippen molar-refractivity contribution < 1.29 is 4.79 Å². The number of nitrogens with one attached hydrogen (secondary N) is 1. The molecule has 1 aromatic carbocycles. The van der Waals surface area contributed by atoms with Crippen LogP contribution >= 0.6 is 15.9 Å². The number of halogens is 1. The minimum Gasteiger partial charge on any atom is -0.321 e. The summed E-state index contributed by atoms with van der Waals surface area (Å²) in [5.41, 5.74) is 4.43. The van der Waals surface area contributed by atoms with Crippen molar-refractivity contribution in [2.75, 3.05) is 5.32 Å². The second kappa shape index (κ2) is 7.23. The standard InChI is InChI=1S/C18H20BrN5O/c1-4-23-16(8-9-20-23)18(25)21-15-7-5-6-14(10-15)11-24-13(3)17(19)12(2)22-24/h5-10H,4,11H2,1-3H3,(H,21,25). The van der Waals surface area contributed by atoms with Gasteiger partial charge in [0.1, 0.15) is 5.69 Å². The Hall–Kier alpha value is -2.41. The van der Waals surface area contributed by atoms with E-state index in [-0.39, 0.29) is 5.91 Å². The number of aromatic nitrogens is 4. The first-order chi connectivity index (χ1) is 12.0. The predicted molar refractivity (Wildman–Crippen MR) is 101 cm³/mol. The van der Waals surface area contributed by atoms with Crippen molar-refractivity contribution in [1.82, 2.24) is 19.6 Å². The highest BCUT2D eigenvalue weighted by atomic mass is 79.9. The molecule has 3 aromatic rings. The Morgan fingerprint density at radius 3 is 2.72 bits per heavy atom. The third kappa shape index (κ3) is 3.66. The largest absolute Gasteiger partial charge is 0.321 e. The van der Waals surface area contributed by atoms with Crippen LogP contribution in [0.2, 0.25) is 0 Å². The Labute approximate surface area is 155 Å². The molecule has 7 heteroatoms. The van der Waals surface area contributed by atoms with Crippen LogP contribution in [0.15, 0.2) is 41.0 Å². The zero-order valence-electron chi connectivity index (χ0n) is 14.5. The third-order valence-corrected chi connectivity index (χ3v) is 5.21. The summed E-state index contributed by atoms with van der Waals surface area (Å²) in [5.74, 6) is -0.162. The van der Waals surface area contributed by atoms with Gasteiger partial charge in [0.15, 0.2) is 0 Å². The molecule has 0 spiro atoms. The molecular weight excluding hydrogens is 382 g/mol. The molecular formula is C18H20BrN5O. The molecule has 1 amide bonds. The topological polar surface area (TPSA) is 64.7 Å². The van der Waals surface area contributed by atoms with Crippen molar-refractivity contribution in [2.45, 2.75) is 33.9 Å². The molecule has 2 heterocycles.